The number of carbonyl (C=O) groups excluding carboxylic acids is 1. The summed E-state index contributed by atoms with van der Waals surface area (Å²) in [5, 5.41) is 59.1. The van der Waals surface area contributed by atoms with Crippen LogP contribution in [-0.4, -0.2) is 73.7 Å². The zero-order valence-electron chi connectivity index (χ0n) is 15.5. The minimum Gasteiger partial charge on any atom is -0.508 e. The highest BCUT2D eigenvalue weighted by Crippen LogP contribution is 2.43. The molecule has 10 heteroatoms. The number of ether oxygens (including phenoxy) is 3. The Balaban J connectivity index is 1.72. The molecule has 2 heterocycles. The predicted molar refractivity (Wildman–Crippen MR) is 98.2 cm³/mol. The van der Waals surface area contributed by atoms with Gasteiger partial charge in [-0.25, -0.2) is 0 Å². The topological polar surface area (TPSA) is 166 Å². The van der Waals surface area contributed by atoms with E-state index in [0.29, 0.717) is 5.56 Å². The van der Waals surface area contributed by atoms with Crippen LogP contribution in [0, 0.1) is 0 Å². The molecule has 0 aliphatic carbocycles. The lowest BCUT2D eigenvalue weighted by Crippen LogP contribution is -2.56. The first kappa shape index (κ1) is 20.4. The van der Waals surface area contributed by atoms with E-state index in [1.807, 2.05) is 0 Å². The van der Waals surface area contributed by atoms with Crippen molar-refractivity contribution < 1.29 is 49.6 Å². The summed E-state index contributed by atoms with van der Waals surface area (Å²) in [6, 6.07) is 7.89. The molecule has 6 atom stereocenters. The number of hydrogen-bond donors (Lipinski definition) is 6. The van der Waals surface area contributed by atoms with Crippen molar-refractivity contribution >= 4 is 5.78 Å². The van der Waals surface area contributed by atoms with E-state index < -0.39 is 48.3 Å². The molecule has 2 aromatic carbocycles. The number of aromatic hydroxyl groups is 3. The van der Waals surface area contributed by atoms with Crippen molar-refractivity contribution in [2.24, 2.45) is 0 Å². The van der Waals surface area contributed by atoms with E-state index in [1.165, 1.54) is 30.3 Å². The highest BCUT2D eigenvalue weighted by atomic mass is 16.7. The van der Waals surface area contributed by atoms with Crippen molar-refractivity contribution in [2.45, 2.75) is 36.8 Å². The van der Waals surface area contributed by atoms with Crippen LogP contribution in [0.4, 0.5) is 0 Å². The van der Waals surface area contributed by atoms with Gasteiger partial charge in [-0.2, -0.15) is 0 Å². The summed E-state index contributed by atoms with van der Waals surface area (Å²) in [7, 11) is 0. The molecule has 6 unspecified atom stereocenters. The first-order chi connectivity index (χ1) is 14.3. The lowest BCUT2D eigenvalue weighted by atomic mass is 9.92. The van der Waals surface area contributed by atoms with E-state index in [2.05, 4.69) is 0 Å². The fourth-order valence-corrected chi connectivity index (χ4v) is 3.49. The molecule has 0 spiro atoms. The van der Waals surface area contributed by atoms with Crippen LogP contribution in [0.25, 0.3) is 0 Å². The second-order valence-corrected chi connectivity index (χ2v) is 7.14. The lowest BCUT2D eigenvalue weighted by Gasteiger charge is -2.39. The number of hydrogen-bond acceptors (Lipinski definition) is 10. The third kappa shape index (κ3) is 3.55. The number of ketones is 1. The molecule has 4 rings (SSSR count). The number of aliphatic hydroxyl groups excluding tert-OH is 3. The Kier molecular flexibility index (Phi) is 5.26. The summed E-state index contributed by atoms with van der Waals surface area (Å²) in [5.41, 5.74) is 0.198. The predicted octanol–water partition coefficient (Wildman–Crippen LogP) is -0.0560. The number of phenols is 3. The Morgan fingerprint density at radius 2 is 1.63 bits per heavy atom. The number of Topliss-reactive ketones (excluding diaryl/α,β-unsaturated/α-hetero) is 1. The van der Waals surface area contributed by atoms with Crippen molar-refractivity contribution in [1.82, 2.24) is 0 Å². The van der Waals surface area contributed by atoms with Gasteiger partial charge in [-0.1, -0.05) is 12.1 Å². The van der Waals surface area contributed by atoms with Gasteiger partial charge in [0.25, 0.3) is 0 Å². The smallest absolute Gasteiger partial charge is 0.203 e. The number of rotatable bonds is 3. The molecular weight excluding hydrogens is 400 g/mol. The Labute approximate surface area is 170 Å². The van der Waals surface area contributed by atoms with Crippen LogP contribution < -0.4 is 4.74 Å². The van der Waals surface area contributed by atoms with Gasteiger partial charge in [0.05, 0.1) is 6.61 Å². The number of benzene rings is 2. The van der Waals surface area contributed by atoms with Crippen molar-refractivity contribution in [3.63, 3.8) is 0 Å². The van der Waals surface area contributed by atoms with Crippen LogP contribution >= 0.6 is 0 Å². The van der Waals surface area contributed by atoms with Crippen LogP contribution in [0.2, 0.25) is 0 Å². The van der Waals surface area contributed by atoms with Crippen molar-refractivity contribution in [2.75, 3.05) is 6.61 Å². The highest BCUT2D eigenvalue weighted by Gasteiger charge is 2.46. The number of aliphatic hydroxyl groups is 3. The van der Waals surface area contributed by atoms with Gasteiger partial charge in [0.1, 0.15) is 46.9 Å². The monoisotopic (exact) mass is 420 g/mol. The number of phenolic OH excluding ortho intramolecular Hbond substituents is 3. The van der Waals surface area contributed by atoms with Gasteiger partial charge >= 0.3 is 0 Å². The van der Waals surface area contributed by atoms with Crippen molar-refractivity contribution in [1.29, 1.82) is 0 Å². The molecular formula is C20H20O10. The Hall–Kier alpha value is -2.89. The van der Waals surface area contributed by atoms with E-state index in [-0.39, 0.29) is 29.4 Å². The fourth-order valence-electron chi connectivity index (χ4n) is 3.49. The zero-order chi connectivity index (χ0) is 21.6. The molecule has 1 saturated heterocycles. The quantitative estimate of drug-likeness (QED) is 0.396. The molecule has 0 aromatic heterocycles. The van der Waals surface area contributed by atoms with Gasteiger partial charge in [0, 0.05) is 12.1 Å². The maximum atomic E-state index is 13.2. The fraction of sp³-hybridized carbons (Fsp3) is 0.350. The summed E-state index contributed by atoms with van der Waals surface area (Å²) >= 11 is 0. The minimum absolute atomic E-state index is 0.0165. The molecule has 0 saturated carbocycles. The van der Waals surface area contributed by atoms with Gasteiger partial charge in [-0.15, -0.1) is 0 Å². The molecule has 2 aliphatic rings. The van der Waals surface area contributed by atoms with Gasteiger partial charge in [-0.05, 0) is 17.7 Å². The second-order valence-electron chi connectivity index (χ2n) is 7.14. The van der Waals surface area contributed by atoms with Crippen LogP contribution in [0.15, 0.2) is 36.4 Å². The van der Waals surface area contributed by atoms with E-state index in [0.717, 1.165) is 6.07 Å². The Morgan fingerprint density at radius 3 is 2.33 bits per heavy atom. The molecule has 160 valence electrons. The molecule has 1 fully saturated rings. The number of fused-ring (bicyclic) bond motifs is 1. The normalized spacial score (nSPS) is 31.1. The maximum Gasteiger partial charge on any atom is 0.203 e. The minimum atomic E-state index is -1.64. The van der Waals surface area contributed by atoms with E-state index >= 15 is 0 Å². The Morgan fingerprint density at radius 1 is 0.933 bits per heavy atom. The first-order valence-electron chi connectivity index (χ1n) is 9.13. The Bertz CT molecular complexity index is 943. The van der Waals surface area contributed by atoms with Crippen molar-refractivity contribution in [3.05, 3.63) is 47.5 Å². The van der Waals surface area contributed by atoms with Gasteiger partial charge in [-0.3, -0.25) is 4.79 Å². The SMILES string of the molecule is O=C1c2c(O)cc(O)cc2OC(c2ccc(O)cc2)C1OC1OCC(O)C(O)C1O. The average molecular weight is 420 g/mol. The summed E-state index contributed by atoms with van der Waals surface area (Å²) in [4.78, 5) is 13.2. The summed E-state index contributed by atoms with van der Waals surface area (Å²) in [6.07, 6.45) is -8.48. The van der Waals surface area contributed by atoms with Gasteiger partial charge < -0.3 is 44.8 Å². The van der Waals surface area contributed by atoms with E-state index in [4.69, 9.17) is 14.2 Å². The largest absolute Gasteiger partial charge is 0.508 e. The zero-order valence-corrected chi connectivity index (χ0v) is 15.5. The van der Waals surface area contributed by atoms with Crippen LogP contribution in [0.3, 0.4) is 0 Å². The molecule has 2 aromatic rings. The third-order valence-corrected chi connectivity index (χ3v) is 5.06. The first-order valence-corrected chi connectivity index (χ1v) is 9.13. The molecule has 10 nitrogen and oxygen atoms in total. The molecule has 0 bridgehead atoms. The molecule has 30 heavy (non-hydrogen) atoms. The maximum absolute atomic E-state index is 13.2. The third-order valence-electron chi connectivity index (χ3n) is 5.06. The lowest BCUT2D eigenvalue weighted by molar-refractivity contribution is -0.283. The second kappa shape index (κ2) is 7.74. The average Bonchev–Trinajstić information content (AvgIpc) is 2.70. The summed E-state index contributed by atoms with van der Waals surface area (Å²) < 4.78 is 16.7. The van der Waals surface area contributed by atoms with Crippen LogP contribution in [-0.2, 0) is 9.47 Å². The summed E-state index contributed by atoms with van der Waals surface area (Å²) in [6.45, 7) is -0.329. The van der Waals surface area contributed by atoms with Crippen LogP contribution in [0.5, 0.6) is 23.0 Å². The van der Waals surface area contributed by atoms with E-state index in [9.17, 15) is 35.4 Å². The van der Waals surface area contributed by atoms with Gasteiger partial charge in [0.15, 0.2) is 18.5 Å². The highest BCUT2D eigenvalue weighted by molar-refractivity contribution is 6.05. The molecule has 0 amide bonds. The van der Waals surface area contributed by atoms with E-state index in [1.54, 1.807) is 0 Å². The number of carbonyl (C=O) groups is 1. The summed E-state index contributed by atoms with van der Waals surface area (Å²) in [5.74, 6) is -1.63. The standard InChI is InChI=1S/C20H20O10/c21-9-3-1-8(2-4-9)18-19(30-20-17(27)15(25)12(24)7-28-20)16(26)14-11(23)5-10(22)6-13(14)29-18/h1-6,12,15,17-25,27H,7H2. The van der Waals surface area contributed by atoms with Crippen LogP contribution in [0.1, 0.15) is 22.0 Å². The molecule has 2 aliphatic heterocycles. The molecule has 6 N–H and O–H groups in total. The van der Waals surface area contributed by atoms with Crippen molar-refractivity contribution in [3.8, 4) is 23.0 Å². The van der Waals surface area contributed by atoms with Gasteiger partial charge in [0.2, 0.25) is 5.78 Å². The molecule has 0 radical (unpaired) electrons.